The van der Waals surface area contributed by atoms with Crippen molar-refractivity contribution in [3.05, 3.63) is 64.1 Å². The minimum absolute atomic E-state index is 0.0838. The van der Waals surface area contributed by atoms with E-state index in [1.54, 1.807) is 0 Å². The van der Waals surface area contributed by atoms with Gasteiger partial charge in [-0.2, -0.15) is 0 Å². The third-order valence-corrected chi connectivity index (χ3v) is 5.32. The van der Waals surface area contributed by atoms with Gasteiger partial charge in [-0.15, -0.1) is 0 Å². The lowest BCUT2D eigenvalue weighted by Gasteiger charge is -2.32. The molecule has 0 saturated carbocycles. The largest absolute Gasteiger partial charge is 0.483 e. The van der Waals surface area contributed by atoms with Crippen LogP contribution in [-0.2, 0) is 11.2 Å². The van der Waals surface area contributed by atoms with E-state index in [2.05, 4.69) is 46.3 Å². The molecule has 0 aromatic heterocycles. The highest BCUT2D eigenvalue weighted by molar-refractivity contribution is 9.10. The Morgan fingerprint density at radius 1 is 1.16 bits per heavy atom. The number of nitrogens with zero attached hydrogens (tertiary/aromatic N) is 1. The second kappa shape index (κ2) is 8.52. The number of halogens is 1. The number of carbonyl (C=O) groups is 1. The number of carbonyl (C=O) groups excluding carboxylic acids is 1. The van der Waals surface area contributed by atoms with Crippen molar-refractivity contribution in [1.29, 1.82) is 0 Å². The smallest absolute Gasteiger partial charge is 0.260 e. The van der Waals surface area contributed by atoms with Crippen molar-refractivity contribution in [2.45, 2.75) is 26.2 Å². The van der Waals surface area contributed by atoms with Crippen LogP contribution in [0.4, 0.5) is 0 Å². The number of likely N-dealkylation sites (tertiary alicyclic amines) is 1. The average Bonchev–Trinajstić information content (AvgIpc) is 2.62. The van der Waals surface area contributed by atoms with Gasteiger partial charge in [-0.1, -0.05) is 46.3 Å². The highest BCUT2D eigenvalue weighted by Crippen LogP contribution is 2.24. The van der Waals surface area contributed by atoms with E-state index in [-0.39, 0.29) is 12.5 Å². The van der Waals surface area contributed by atoms with Crippen LogP contribution in [-0.4, -0.2) is 30.5 Å². The van der Waals surface area contributed by atoms with Gasteiger partial charge in [0.25, 0.3) is 5.91 Å². The minimum Gasteiger partial charge on any atom is -0.483 e. The molecule has 0 unspecified atom stereocenters. The monoisotopic (exact) mass is 401 g/mol. The molecule has 25 heavy (non-hydrogen) atoms. The van der Waals surface area contributed by atoms with E-state index in [4.69, 9.17) is 4.74 Å². The molecule has 3 rings (SSSR count). The van der Waals surface area contributed by atoms with Crippen LogP contribution >= 0.6 is 15.9 Å². The van der Waals surface area contributed by atoms with Gasteiger partial charge >= 0.3 is 0 Å². The van der Waals surface area contributed by atoms with Gasteiger partial charge in [-0.3, -0.25) is 4.79 Å². The molecule has 1 heterocycles. The highest BCUT2D eigenvalue weighted by Gasteiger charge is 2.23. The van der Waals surface area contributed by atoms with Crippen LogP contribution < -0.4 is 4.74 Å². The molecular formula is C21H24BrNO2. The summed E-state index contributed by atoms with van der Waals surface area (Å²) in [7, 11) is 0. The molecular weight excluding hydrogens is 378 g/mol. The van der Waals surface area contributed by atoms with E-state index in [9.17, 15) is 4.79 Å². The van der Waals surface area contributed by atoms with Crippen molar-refractivity contribution >= 4 is 21.8 Å². The fourth-order valence-corrected chi connectivity index (χ4v) is 3.81. The number of piperidine rings is 1. The summed E-state index contributed by atoms with van der Waals surface area (Å²) < 4.78 is 6.73. The maximum atomic E-state index is 12.4. The SMILES string of the molecule is Cc1cc(Br)ccc1OCC(=O)N1CCC(Cc2ccccc2)CC1. The maximum Gasteiger partial charge on any atom is 0.260 e. The van der Waals surface area contributed by atoms with E-state index in [0.29, 0.717) is 5.92 Å². The van der Waals surface area contributed by atoms with Crippen LogP contribution in [0.2, 0.25) is 0 Å². The summed E-state index contributed by atoms with van der Waals surface area (Å²) in [5.41, 5.74) is 2.42. The van der Waals surface area contributed by atoms with Crippen LogP contribution in [0, 0.1) is 12.8 Å². The Balaban J connectivity index is 1.45. The molecule has 0 spiro atoms. The predicted octanol–water partition coefficient (Wildman–Crippen LogP) is 4.62. The van der Waals surface area contributed by atoms with Crippen LogP contribution in [0.15, 0.2) is 53.0 Å². The first-order valence-electron chi connectivity index (χ1n) is 8.82. The Labute approximate surface area is 158 Å². The van der Waals surface area contributed by atoms with E-state index < -0.39 is 0 Å². The molecule has 3 nitrogen and oxygen atoms in total. The van der Waals surface area contributed by atoms with Gasteiger partial charge in [0.1, 0.15) is 5.75 Å². The molecule has 1 fully saturated rings. The zero-order valence-corrected chi connectivity index (χ0v) is 16.2. The molecule has 2 aromatic rings. The molecule has 0 aliphatic carbocycles. The Morgan fingerprint density at radius 3 is 2.56 bits per heavy atom. The fourth-order valence-electron chi connectivity index (χ4n) is 3.34. The summed E-state index contributed by atoms with van der Waals surface area (Å²) in [5.74, 6) is 1.53. The van der Waals surface area contributed by atoms with Crippen molar-refractivity contribution in [3.8, 4) is 5.75 Å². The first kappa shape index (κ1) is 18.0. The van der Waals surface area contributed by atoms with E-state index in [1.807, 2.05) is 30.0 Å². The van der Waals surface area contributed by atoms with Crippen molar-refractivity contribution < 1.29 is 9.53 Å². The van der Waals surface area contributed by atoms with Gasteiger partial charge in [0, 0.05) is 17.6 Å². The van der Waals surface area contributed by atoms with Crippen molar-refractivity contribution in [2.75, 3.05) is 19.7 Å². The van der Waals surface area contributed by atoms with Crippen LogP contribution in [0.1, 0.15) is 24.0 Å². The first-order valence-corrected chi connectivity index (χ1v) is 9.62. The lowest BCUT2D eigenvalue weighted by molar-refractivity contribution is -0.134. The van der Waals surface area contributed by atoms with Crippen molar-refractivity contribution in [3.63, 3.8) is 0 Å². The highest BCUT2D eigenvalue weighted by atomic mass is 79.9. The van der Waals surface area contributed by atoms with Gasteiger partial charge < -0.3 is 9.64 Å². The fraction of sp³-hybridized carbons (Fsp3) is 0.381. The molecule has 1 saturated heterocycles. The summed E-state index contributed by atoms with van der Waals surface area (Å²) in [4.78, 5) is 14.3. The van der Waals surface area contributed by atoms with E-state index in [0.717, 1.165) is 48.1 Å². The van der Waals surface area contributed by atoms with Crippen LogP contribution in [0.25, 0.3) is 0 Å². The lowest BCUT2D eigenvalue weighted by Crippen LogP contribution is -2.41. The number of benzene rings is 2. The number of ether oxygens (including phenoxy) is 1. The zero-order chi connectivity index (χ0) is 17.6. The van der Waals surface area contributed by atoms with Gasteiger partial charge in [0.05, 0.1) is 0 Å². The van der Waals surface area contributed by atoms with Gasteiger partial charge in [-0.05, 0) is 61.4 Å². The van der Waals surface area contributed by atoms with E-state index in [1.165, 1.54) is 5.56 Å². The topological polar surface area (TPSA) is 29.5 Å². The molecule has 132 valence electrons. The Morgan fingerprint density at radius 2 is 1.88 bits per heavy atom. The van der Waals surface area contributed by atoms with Crippen LogP contribution in [0.3, 0.4) is 0 Å². The number of aryl methyl sites for hydroxylation is 1. The average molecular weight is 402 g/mol. The summed E-state index contributed by atoms with van der Waals surface area (Å²) in [6.45, 7) is 3.77. The lowest BCUT2D eigenvalue weighted by atomic mass is 9.90. The Bertz CT molecular complexity index is 709. The second-order valence-electron chi connectivity index (χ2n) is 6.71. The number of amides is 1. The third kappa shape index (κ3) is 5.08. The van der Waals surface area contributed by atoms with Crippen molar-refractivity contribution in [2.24, 2.45) is 5.92 Å². The predicted molar refractivity (Wildman–Crippen MR) is 104 cm³/mol. The standard InChI is InChI=1S/C21H24BrNO2/c1-16-13-19(22)7-8-20(16)25-15-21(24)23-11-9-18(10-12-23)14-17-5-3-2-4-6-17/h2-8,13,18H,9-12,14-15H2,1H3. The Hall–Kier alpha value is -1.81. The number of rotatable bonds is 5. The maximum absolute atomic E-state index is 12.4. The third-order valence-electron chi connectivity index (χ3n) is 4.82. The molecule has 0 N–H and O–H groups in total. The molecule has 1 aliphatic rings. The molecule has 4 heteroatoms. The van der Waals surface area contributed by atoms with Crippen molar-refractivity contribution in [1.82, 2.24) is 4.90 Å². The second-order valence-corrected chi connectivity index (χ2v) is 7.63. The summed E-state index contributed by atoms with van der Waals surface area (Å²) in [5, 5.41) is 0. The van der Waals surface area contributed by atoms with Gasteiger partial charge in [0.2, 0.25) is 0 Å². The first-order chi connectivity index (χ1) is 12.1. The normalized spacial score (nSPS) is 15.2. The molecule has 1 aliphatic heterocycles. The minimum atomic E-state index is 0.0838. The van der Waals surface area contributed by atoms with Gasteiger partial charge in [0.15, 0.2) is 6.61 Å². The molecule has 0 bridgehead atoms. The summed E-state index contributed by atoms with van der Waals surface area (Å²) >= 11 is 3.44. The molecule has 1 amide bonds. The molecule has 0 radical (unpaired) electrons. The van der Waals surface area contributed by atoms with Gasteiger partial charge in [-0.25, -0.2) is 0 Å². The Kier molecular flexibility index (Phi) is 6.14. The van der Waals surface area contributed by atoms with E-state index >= 15 is 0 Å². The number of hydrogen-bond acceptors (Lipinski definition) is 2. The summed E-state index contributed by atoms with van der Waals surface area (Å²) in [6.07, 6.45) is 3.24. The van der Waals surface area contributed by atoms with Crippen LogP contribution in [0.5, 0.6) is 5.75 Å². The quantitative estimate of drug-likeness (QED) is 0.731. The zero-order valence-electron chi connectivity index (χ0n) is 14.6. The summed E-state index contributed by atoms with van der Waals surface area (Å²) in [6, 6.07) is 16.4. The molecule has 2 aromatic carbocycles. The molecule has 0 atom stereocenters. The number of hydrogen-bond donors (Lipinski definition) is 0.